The lowest BCUT2D eigenvalue weighted by atomic mass is 10.1. The molecular weight excluding hydrogens is 206 g/mol. The van der Waals surface area contributed by atoms with Gasteiger partial charge >= 0.3 is 0 Å². The van der Waals surface area contributed by atoms with Crippen LogP contribution in [0.25, 0.3) is 0 Å². The summed E-state index contributed by atoms with van der Waals surface area (Å²) in [5.74, 6) is 0.194. The lowest BCUT2D eigenvalue weighted by Gasteiger charge is -2.23. The van der Waals surface area contributed by atoms with Gasteiger partial charge in [-0.15, -0.1) is 0 Å². The first-order valence-electron chi connectivity index (χ1n) is 4.74. The zero-order valence-corrected chi connectivity index (χ0v) is 8.73. The second-order valence-electron chi connectivity index (χ2n) is 3.41. The molecule has 73 valence electrons. The zero-order valence-electron chi connectivity index (χ0n) is 7.91. The van der Waals surface area contributed by atoms with Crippen LogP contribution >= 0.6 is 11.8 Å². The Kier molecular flexibility index (Phi) is 1.92. The van der Waals surface area contributed by atoms with Crippen molar-refractivity contribution in [1.82, 2.24) is 0 Å². The van der Waals surface area contributed by atoms with Crippen LogP contribution in [0.3, 0.4) is 0 Å². The van der Waals surface area contributed by atoms with Gasteiger partial charge in [0.05, 0.1) is 16.3 Å². The first-order chi connectivity index (χ1) is 7.34. The van der Waals surface area contributed by atoms with Gasteiger partial charge in [-0.2, -0.15) is 0 Å². The molecule has 0 saturated heterocycles. The predicted molar refractivity (Wildman–Crippen MR) is 60.5 cm³/mol. The third-order valence-electron chi connectivity index (χ3n) is 2.38. The summed E-state index contributed by atoms with van der Waals surface area (Å²) in [6, 6.07) is 8.92. The largest absolute Gasteiger partial charge is 0.353 e. The summed E-state index contributed by atoms with van der Waals surface area (Å²) in [7, 11) is 0. The summed E-state index contributed by atoms with van der Waals surface area (Å²) in [6.07, 6.45) is 4.37. The van der Waals surface area contributed by atoms with Crippen LogP contribution in [-0.4, -0.2) is 5.78 Å². The molecule has 0 fully saturated rings. The Labute approximate surface area is 92.1 Å². The fraction of sp³-hybridized carbons (Fsp3) is 0.0833. The summed E-state index contributed by atoms with van der Waals surface area (Å²) in [5.41, 5.74) is 1.87. The Hall–Kier alpha value is -1.48. The molecule has 1 N–H and O–H groups in total. The van der Waals surface area contributed by atoms with Crippen molar-refractivity contribution in [3.05, 3.63) is 47.0 Å². The topological polar surface area (TPSA) is 29.1 Å². The molecule has 0 amide bonds. The minimum atomic E-state index is 0.194. The maximum atomic E-state index is 11.7. The molecule has 1 aliphatic carbocycles. The molecule has 0 saturated carbocycles. The lowest BCUT2D eigenvalue weighted by molar-refractivity contribution is -0.114. The molecule has 0 spiro atoms. The first-order valence-corrected chi connectivity index (χ1v) is 5.56. The molecule has 0 unspecified atom stereocenters. The van der Waals surface area contributed by atoms with Crippen molar-refractivity contribution in [2.45, 2.75) is 11.3 Å². The van der Waals surface area contributed by atoms with Gasteiger partial charge in [-0.3, -0.25) is 4.79 Å². The van der Waals surface area contributed by atoms with E-state index < -0.39 is 0 Å². The monoisotopic (exact) mass is 214 g/mol. The Morgan fingerprint density at radius 3 is 3.33 bits per heavy atom. The number of Topliss-reactive ketones (excluding diaryl/α,β-unsaturated/α-hetero) is 1. The highest BCUT2D eigenvalue weighted by Gasteiger charge is 2.23. The van der Waals surface area contributed by atoms with E-state index in [0.717, 1.165) is 21.2 Å². The lowest BCUT2D eigenvalue weighted by Crippen LogP contribution is -2.14. The normalized spacial score (nSPS) is 18.3. The van der Waals surface area contributed by atoms with Crippen LogP contribution in [0.2, 0.25) is 0 Å². The number of nitrogens with one attached hydrogen (secondary N) is 1. The van der Waals surface area contributed by atoms with Gasteiger partial charge in [-0.05, 0) is 12.1 Å². The van der Waals surface area contributed by atoms with Crippen LogP contribution in [0.4, 0.5) is 5.69 Å². The van der Waals surface area contributed by atoms with E-state index in [1.54, 1.807) is 0 Å². The summed E-state index contributed by atoms with van der Waals surface area (Å²) in [5, 5.41) is 3.22. The number of allylic oxidation sites excluding steroid dienone is 3. The number of thioether (sulfide) groups is 1. The highest BCUT2D eigenvalue weighted by molar-refractivity contribution is 8.04. The molecule has 3 rings (SSSR count). The van der Waals surface area contributed by atoms with Crippen molar-refractivity contribution in [2.24, 2.45) is 0 Å². The van der Waals surface area contributed by atoms with Crippen molar-refractivity contribution >= 4 is 23.2 Å². The van der Waals surface area contributed by atoms with E-state index in [2.05, 4.69) is 11.4 Å². The van der Waals surface area contributed by atoms with Crippen LogP contribution < -0.4 is 5.32 Å². The molecule has 0 aromatic heterocycles. The quantitative estimate of drug-likeness (QED) is 0.720. The third-order valence-corrected chi connectivity index (χ3v) is 3.59. The highest BCUT2D eigenvalue weighted by Crippen LogP contribution is 2.41. The van der Waals surface area contributed by atoms with E-state index in [1.165, 1.54) is 11.8 Å². The number of carbonyl (C=O) groups excluding carboxylic acids is 1. The minimum Gasteiger partial charge on any atom is -0.353 e. The predicted octanol–water partition coefficient (Wildman–Crippen LogP) is 2.74. The third kappa shape index (κ3) is 1.39. The molecule has 1 aromatic rings. The van der Waals surface area contributed by atoms with Crippen LogP contribution in [-0.2, 0) is 4.79 Å². The standard InChI is InChI=1S/C12H8NOS/c14-10-6-3-5-9-12(10)15-11-7-2-1-4-8(11)13-9/h1-3,5,7,13H,6H2. The van der Waals surface area contributed by atoms with Gasteiger partial charge in [0.25, 0.3) is 0 Å². The number of anilines is 1. The van der Waals surface area contributed by atoms with Crippen molar-refractivity contribution in [1.29, 1.82) is 0 Å². The van der Waals surface area contributed by atoms with Crippen molar-refractivity contribution in [3.8, 4) is 0 Å². The van der Waals surface area contributed by atoms with Gasteiger partial charge in [0, 0.05) is 17.4 Å². The van der Waals surface area contributed by atoms with Crippen LogP contribution in [0.15, 0.2) is 45.8 Å². The highest BCUT2D eigenvalue weighted by atomic mass is 32.2. The Morgan fingerprint density at radius 1 is 1.47 bits per heavy atom. The van der Waals surface area contributed by atoms with Gasteiger partial charge in [-0.1, -0.05) is 30.0 Å². The number of ketones is 1. The maximum Gasteiger partial charge on any atom is 0.175 e. The van der Waals surface area contributed by atoms with Crippen LogP contribution in [0.1, 0.15) is 6.42 Å². The molecule has 2 nitrogen and oxygen atoms in total. The number of benzene rings is 1. The van der Waals surface area contributed by atoms with Crippen molar-refractivity contribution in [2.75, 3.05) is 5.32 Å². The van der Waals surface area contributed by atoms with Gasteiger partial charge in [0.1, 0.15) is 0 Å². The van der Waals surface area contributed by atoms with Crippen LogP contribution in [0.5, 0.6) is 0 Å². The fourth-order valence-electron chi connectivity index (χ4n) is 1.66. The number of rotatable bonds is 0. The summed E-state index contributed by atoms with van der Waals surface area (Å²) in [4.78, 5) is 13.6. The van der Waals surface area contributed by atoms with E-state index in [9.17, 15) is 4.79 Å². The Balaban J connectivity index is 2.08. The van der Waals surface area contributed by atoms with Crippen molar-refractivity contribution < 1.29 is 4.79 Å². The first kappa shape index (κ1) is 8.80. The second kappa shape index (κ2) is 3.28. The average Bonchev–Trinajstić information content (AvgIpc) is 2.27. The molecule has 0 bridgehead atoms. The zero-order chi connectivity index (χ0) is 10.3. The number of para-hydroxylation sites is 1. The molecular formula is C12H8NOS. The summed E-state index contributed by atoms with van der Waals surface area (Å²) >= 11 is 1.53. The van der Waals surface area contributed by atoms with E-state index in [-0.39, 0.29) is 5.78 Å². The van der Waals surface area contributed by atoms with Gasteiger partial charge in [0.2, 0.25) is 0 Å². The van der Waals surface area contributed by atoms with Gasteiger partial charge in [-0.25, -0.2) is 0 Å². The summed E-state index contributed by atoms with van der Waals surface area (Å²) < 4.78 is 0. The second-order valence-corrected chi connectivity index (χ2v) is 4.46. The maximum absolute atomic E-state index is 11.7. The van der Waals surface area contributed by atoms with Crippen molar-refractivity contribution in [3.63, 3.8) is 0 Å². The van der Waals surface area contributed by atoms with Crippen LogP contribution in [0, 0.1) is 6.07 Å². The van der Waals surface area contributed by atoms with E-state index in [4.69, 9.17) is 0 Å². The molecule has 2 aliphatic rings. The molecule has 1 aliphatic heterocycles. The molecule has 3 heteroatoms. The van der Waals surface area contributed by atoms with E-state index in [1.807, 2.05) is 30.4 Å². The number of fused-ring (bicyclic) bond motifs is 1. The minimum absolute atomic E-state index is 0.194. The number of carbonyl (C=O) groups is 1. The molecule has 1 heterocycles. The molecule has 0 atom stereocenters. The smallest absolute Gasteiger partial charge is 0.175 e. The van der Waals surface area contributed by atoms with E-state index in [0.29, 0.717) is 6.42 Å². The molecule has 15 heavy (non-hydrogen) atoms. The van der Waals surface area contributed by atoms with Gasteiger partial charge in [0.15, 0.2) is 5.78 Å². The number of hydrogen-bond donors (Lipinski definition) is 1. The number of hydrogen-bond acceptors (Lipinski definition) is 3. The summed E-state index contributed by atoms with van der Waals surface area (Å²) in [6.45, 7) is 0. The Morgan fingerprint density at radius 2 is 2.40 bits per heavy atom. The molecule has 1 radical (unpaired) electrons. The average molecular weight is 214 g/mol. The Bertz CT molecular complexity index is 502. The molecule has 1 aromatic carbocycles. The SMILES string of the molecule is O=C1CC=CC2=C1Sc1ccc[c]c1N2. The fourth-order valence-corrected chi connectivity index (χ4v) is 2.67. The van der Waals surface area contributed by atoms with Gasteiger partial charge < -0.3 is 5.32 Å². The van der Waals surface area contributed by atoms with E-state index >= 15 is 0 Å².